The molecular formula is C21H24N4O3. The quantitative estimate of drug-likeness (QED) is 0.710. The van der Waals surface area contributed by atoms with Crippen molar-refractivity contribution in [2.24, 2.45) is 7.05 Å². The Labute approximate surface area is 162 Å². The van der Waals surface area contributed by atoms with Crippen molar-refractivity contribution in [1.29, 1.82) is 0 Å². The topological polar surface area (TPSA) is 91.2 Å². The fourth-order valence-electron chi connectivity index (χ4n) is 4.01. The summed E-state index contributed by atoms with van der Waals surface area (Å²) in [6, 6.07) is 9.62. The Morgan fingerprint density at radius 2 is 2.00 bits per heavy atom. The van der Waals surface area contributed by atoms with Crippen molar-refractivity contribution in [1.82, 2.24) is 19.7 Å². The lowest BCUT2D eigenvalue weighted by atomic mass is 10.0. The minimum absolute atomic E-state index is 0.0676. The second-order valence-electron chi connectivity index (χ2n) is 7.64. The molecule has 3 aromatic rings. The minimum atomic E-state index is -0.893. The van der Waals surface area contributed by atoms with Crippen LogP contribution in [0.5, 0.6) is 0 Å². The van der Waals surface area contributed by atoms with E-state index in [4.69, 9.17) is 0 Å². The highest BCUT2D eigenvalue weighted by Crippen LogP contribution is 2.31. The average Bonchev–Trinajstić information content (AvgIpc) is 3.29. The highest BCUT2D eigenvalue weighted by atomic mass is 16.3. The van der Waals surface area contributed by atoms with Crippen LogP contribution in [-0.4, -0.2) is 42.8 Å². The monoisotopic (exact) mass is 380 g/mol. The van der Waals surface area contributed by atoms with Gasteiger partial charge in [-0.05, 0) is 18.4 Å². The Balaban J connectivity index is 1.69. The number of nitrogens with one attached hydrogen (secondary N) is 1. The molecule has 146 valence electrons. The molecule has 1 fully saturated rings. The number of aromatic amines is 1. The summed E-state index contributed by atoms with van der Waals surface area (Å²) in [4.78, 5) is 30.8. The predicted octanol–water partition coefficient (Wildman–Crippen LogP) is 2.21. The van der Waals surface area contributed by atoms with Gasteiger partial charge in [0.05, 0.1) is 23.7 Å². The van der Waals surface area contributed by atoms with E-state index in [0.29, 0.717) is 30.4 Å². The van der Waals surface area contributed by atoms with Crippen LogP contribution >= 0.6 is 0 Å². The fraction of sp³-hybridized carbons (Fsp3) is 0.381. The van der Waals surface area contributed by atoms with E-state index in [1.54, 1.807) is 16.6 Å². The van der Waals surface area contributed by atoms with Crippen molar-refractivity contribution < 1.29 is 9.90 Å². The fourth-order valence-corrected chi connectivity index (χ4v) is 4.01. The molecule has 7 nitrogen and oxygen atoms in total. The van der Waals surface area contributed by atoms with Crippen molar-refractivity contribution in [3.63, 3.8) is 0 Å². The van der Waals surface area contributed by atoms with Gasteiger partial charge in [0.1, 0.15) is 11.2 Å². The van der Waals surface area contributed by atoms with Gasteiger partial charge in [-0.3, -0.25) is 14.3 Å². The summed E-state index contributed by atoms with van der Waals surface area (Å²) < 4.78 is 1.56. The summed E-state index contributed by atoms with van der Waals surface area (Å²) in [5.41, 5.74) is 0.360. The molecule has 0 radical (unpaired) electrons. The number of aliphatic hydroxyl groups is 1. The second-order valence-corrected chi connectivity index (χ2v) is 7.64. The summed E-state index contributed by atoms with van der Waals surface area (Å²) in [7, 11) is 1.73. The average molecular weight is 380 g/mol. The van der Waals surface area contributed by atoms with Gasteiger partial charge in [-0.15, -0.1) is 0 Å². The number of carbonyl (C=O) groups excluding carboxylic acids is 1. The van der Waals surface area contributed by atoms with Crippen LogP contribution < -0.4 is 5.43 Å². The van der Waals surface area contributed by atoms with E-state index in [1.165, 1.54) is 12.4 Å². The molecule has 1 aliphatic carbocycles. The highest BCUT2D eigenvalue weighted by Gasteiger charge is 2.35. The third kappa shape index (κ3) is 3.45. The zero-order chi connectivity index (χ0) is 19.7. The van der Waals surface area contributed by atoms with Crippen LogP contribution in [0.15, 0.2) is 47.5 Å². The molecule has 4 rings (SSSR count). The Morgan fingerprint density at radius 3 is 2.71 bits per heavy atom. The largest absolute Gasteiger partial charge is 0.388 e. The van der Waals surface area contributed by atoms with Gasteiger partial charge in [-0.25, -0.2) is 0 Å². The Bertz CT molecular complexity index is 1050. The first-order valence-corrected chi connectivity index (χ1v) is 9.56. The molecule has 0 unspecified atom stereocenters. The van der Waals surface area contributed by atoms with Gasteiger partial charge in [-0.2, -0.15) is 5.10 Å². The van der Waals surface area contributed by atoms with Crippen molar-refractivity contribution in [3.8, 4) is 0 Å². The van der Waals surface area contributed by atoms with E-state index in [9.17, 15) is 14.7 Å². The summed E-state index contributed by atoms with van der Waals surface area (Å²) in [6.07, 6.45) is 6.16. The van der Waals surface area contributed by atoms with E-state index in [1.807, 2.05) is 30.3 Å². The molecule has 0 atom stereocenters. The lowest BCUT2D eigenvalue weighted by Gasteiger charge is -2.31. The lowest BCUT2D eigenvalue weighted by Crippen LogP contribution is -2.45. The molecule has 1 aliphatic rings. The first-order valence-electron chi connectivity index (χ1n) is 9.56. The van der Waals surface area contributed by atoms with Gasteiger partial charge in [0.2, 0.25) is 5.43 Å². The maximum atomic E-state index is 13.3. The van der Waals surface area contributed by atoms with Crippen molar-refractivity contribution >= 4 is 16.9 Å². The minimum Gasteiger partial charge on any atom is -0.388 e. The zero-order valence-electron chi connectivity index (χ0n) is 15.9. The van der Waals surface area contributed by atoms with E-state index in [2.05, 4.69) is 10.1 Å². The normalized spacial score (nSPS) is 15.8. The number of nitrogens with zero attached hydrogens (tertiary/aromatic N) is 3. The standard InChI is InChI=1S/C21H24N4O3/c1-24-19-16(12-23-24)18(26)17(11-22-19)20(27)25(13-15-7-3-2-4-8-15)14-21(28)9-5-6-10-21/h2-4,7-8,11-12,28H,5-6,9-10,13-14H2,1H3,(H,22,26). The Kier molecular flexibility index (Phi) is 4.77. The molecule has 1 aromatic carbocycles. The summed E-state index contributed by atoms with van der Waals surface area (Å²) in [5.74, 6) is -0.379. The molecule has 7 heteroatoms. The second kappa shape index (κ2) is 7.24. The summed E-state index contributed by atoms with van der Waals surface area (Å²) >= 11 is 0. The highest BCUT2D eigenvalue weighted by molar-refractivity contribution is 5.96. The number of hydrogen-bond donors (Lipinski definition) is 2. The number of benzene rings is 1. The first-order chi connectivity index (χ1) is 13.5. The molecule has 0 aliphatic heterocycles. The molecule has 28 heavy (non-hydrogen) atoms. The van der Waals surface area contributed by atoms with Crippen LogP contribution in [0, 0.1) is 0 Å². The number of fused-ring (bicyclic) bond motifs is 1. The maximum Gasteiger partial charge on any atom is 0.259 e. The molecule has 1 amide bonds. The smallest absolute Gasteiger partial charge is 0.259 e. The molecule has 0 spiro atoms. The van der Waals surface area contributed by atoms with Crippen LogP contribution in [0.4, 0.5) is 0 Å². The summed E-state index contributed by atoms with van der Waals surface area (Å²) in [6.45, 7) is 0.553. The molecule has 2 aromatic heterocycles. The Hall–Kier alpha value is -2.93. The molecule has 2 heterocycles. The maximum absolute atomic E-state index is 13.3. The van der Waals surface area contributed by atoms with Gasteiger partial charge in [0.15, 0.2) is 0 Å². The molecule has 0 bridgehead atoms. The number of aryl methyl sites for hydroxylation is 1. The van der Waals surface area contributed by atoms with Crippen LogP contribution in [0.3, 0.4) is 0 Å². The predicted molar refractivity (Wildman–Crippen MR) is 106 cm³/mol. The van der Waals surface area contributed by atoms with E-state index in [0.717, 1.165) is 18.4 Å². The number of amides is 1. The number of aromatic nitrogens is 3. The summed E-state index contributed by atoms with van der Waals surface area (Å²) in [5, 5.41) is 15.4. The van der Waals surface area contributed by atoms with E-state index >= 15 is 0 Å². The number of hydrogen-bond acceptors (Lipinski definition) is 4. The van der Waals surface area contributed by atoms with Gasteiger partial charge >= 0.3 is 0 Å². The van der Waals surface area contributed by atoms with Gasteiger partial charge in [0, 0.05) is 19.8 Å². The van der Waals surface area contributed by atoms with Crippen LogP contribution in [0.1, 0.15) is 41.6 Å². The lowest BCUT2D eigenvalue weighted by molar-refractivity contribution is 0.00780. The van der Waals surface area contributed by atoms with Crippen molar-refractivity contribution in [3.05, 3.63) is 64.1 Å². The zero-order valence-corrected chi connectivity index (χ0v) is 15.9. The van der Waals surface area contributed by atoms with Crippen LogP contribution in [0.25, 0.3) is 11.0 Å². The molecule has 0 saturated heterocycles. The molecule has 2 N–H and O–H groups in total. The first kappa shape index (κ1) is 18.4. The van der Waals surface area contributed by atoms with Crippen LogP contribution in [0.2, 0.25) is 0 Å². The van der Waals surface area contributed by atoms with Gasteiger partial charge in [-0.1, -0.05) is 43.2 Å². The van der Waals surface area contributed by atoms with Gasteiger partial charge < -0.3 is 15.0 Å². The van der Waals surface area contributed by atoms with Crippen molar-refractivity contribution in [2.75, 3.05) is 6.54 Å². The van der Waals surface area contributed by atoms with E-state index < -0.39 is 5.60 Å². The number of pyridine rings is 1. The number of carbonyl (C=O) groups is 1. The van der Waals surface area contributed by atoms with Crippen molar-refractivity contribution in [2.45, 2.75) is 37.8 Å². The third-order valence-electron chi connectivity index (χ3n) is 5.53. The molecular weight excluding hydrogens is 356 g/mol. The third-order valence-corrected chi connectivity index (χ3v) is 5.53. The SMILES string of the molecule is Cn1ncc2c(=O)c(C(=O)N(Cc3ccccc3)CC3(O)CCCC3)c[nH]c21. The number of H-pyrrole nitrogens is 1. The van der Waals surface area contributed by atoms with Gasteiger partial charge in [0.25, 0.3) is 5.91 Å². The van der Waals surface area contributed by atoms with Crippen LogP contribution in [-0.2, 0) is 13.6 Å². The Morgan fingerprint density at radius 1 is 1.29 bits per heavy atom. The van der Waals surface area contributed by atoms with E-state index in [-0.39, 0.29) is 23.4 Å². The number of rotatable bonds is 5. The molecule has 1 saturated carbocycles.